The van der Waals surface area contributed by atoms with E-state index in [4.69, 9.17) is 9.47 Å². The predicted molar refractivity (Wildman–Crippen MR) is 51.9 cm³/mol. The fraction of sp³-hybridized carbons (Fsp3) is 1.00. The van der Waals surface area contributed by atoms with E-state index in [2.05, 4.69) is 5.32 Å². The molecule has 0 spiro atoms. The van der Waals surface area contributed by atoms with Gasteiger partial charge in [-0.25, -0.2) is 0 Å². The van der Waals surface area contributed by atoms with Crippen molar-refractivity contribution in [3.63, 3.8) is 0 Å². The largest absolute Gasteiger partial charge is 0.386 e. The summed E-state index contributed by atoms with van der Waals surface area (Å²) < 4.78 is 9.81. The summed E-state index contributed by atoms with van der Waals surface area (Å²) in [6.45, 7) is 4.26. The molecule has 13 heavy (non-hydrogen) atoms. The van der Waals surface area contributed by atoms with Crippen LogP contribution in [0.4, 0.5) is 0 Å². The standard InChI is InChI=1S/C9H21NO3/c1-4-9(11,8-13-3)7-10-5-6-12-2/h10-11H,4-8H2,1-3H3. The number of rotatable bonds is 8. The molecule has 0 aromatic carbocycles. The van der Waals surface area contributed by atoms with Crippen LogP contribution in [0, 0.1) is 0 Å². The van der Waals surface area contributed by atoms with E-state index in [0.717, 1.165) is 6.54 Å². The lowest BCUT2D eigenvalue weighted by atomic mass is 10.0. The van der Waals surface area contributed by atoms with Crippen LogP contribution < -0.4 is 5.32 Å². The predicted octanol–water partition coefficient (Wildman–Crippen LogP) is 0.00990. The first-order valence-corrected chi connectivity index (χ1v) is 4.59. The van der Waals surface area contributed by atoms with Crippen molar-refractivity contribution in [2.45, 2.75) is 18.9 Å². The molecular formula is C9H21NO3. The van der Waals surface area contributed by atoms with Crippen LogP contribution >= 0.6 is 0 Å². The Labute approximate surface area is 80.2 Å². The molecule has 0 heterocycles. The Morgan fingerprint density at radius 3 is 2.46 bits per heavy atom. The van der Waals surface area contributed by atoms with E-state index in [0.29, 0.717) is 26.2 Å². The van der Waals surface area contributed by atoms with Crippen LogP contribution in [-0.2, 0) is 9.47 Å². The Hall–Kier alpha value is -0.160. The highest BCUT2D eigenvalue weighted by Crippen LogP contribution is 2.08. The van der Waals surface area contributed by atoms with E-state index in [9.17, 15) is 5.11 Å². The molecule has 0 saturated heterocycles. The van der Waals surface area contributed by atoms with Crippen LogP contribution in [-0.4, -0.2) is 51.2 Å². The van der Waals surface area contributed by atoms with Crippen molar-refractivity contribution in [3.8, 4) is 0 Å². The SMILES string of the molecule is CCC(O)(CNCCOC)COC. The first kappa shape index (κ1) is 12.8. The Morgan fingerprint density at radius 2 is 2.00 bits per heavy atom. The van der Waals surface area contributed by atoms with Gasteiger partial charge in [-0.15, -0.1) is 0 Å². The van der Waals surface area contributed by atoms with Crippen LogP contribution in [0.2, 0.25) is 0 Å². The van der Waals surface area contributed by atoms with Gasteiger partial charge in [0.2, 0.25) is 0 Å². The normalized spacial score (nSPS) is 15.7. The maximum absolute atomic E-state index is 9.89. The van der Waals surface area contributed by atoms with Crippen molar-refractivity contribution >= 4 is 0 Å². The van der Waals surface area contributed by atoms with Crippen molar-refractivity contribution in [1.29, 1.82) is 0 Å². The molecule has 0 aromatic rings. The zero-order chi connectivity index (χ0) is 10.2. The van der Waals surface area contributed by atoms with Crippen molar-refractivity contribution in [2.75, 3.05) is 40.5 Å². The van der Waals surface area contributed by atoms with Crippen LogP contribution in [0.5, 0.6) is 0 Å². The van der Waals surface area contributed by atoms with Gasteiger partial charge in [0.25, 0.3) is 0 Å². The molecule has 1 unspecified atom stereocenters. The monoisotopic (exact) mass is 191 g/mol. The summed E-state index contributed by atoms with van der Waals surface area (Å²) in [5, 5.41) is 13.0. The second kappa shape index (κ2) is 7.26. The highest BCUT2D eigenvalue weighted by Gasteiger charge is 2.23. The topological polar surface area (TPSA) is 50.7 Å². The minimum atomic E-state index is -0.748. The van der Waals surface area contributed by atoms with E-state index >= 15 is 0 Å². The highest BCUT2D eigenvalue weighted by molar-refractivity contribution is 4.78. The zero-order valence-electron chi connectivity index (χ0n) is 8.80. The molecule has 0 fully saturated rings. The lowest BCUT2D eigenvalue weighted by Crippen LogP contribution is -2.44. The Kier molecular flexibility index (Phi) is 7.17. The summed E-state index contributed by atoms with van der Waals surface area (Å²) in [5.74, 6) is 0. The van der Waals surface area contributed by atoms with E-state index < -0.39 is 5.60 Å². The Balaban J connectivity index is 3.57. The first-order chi connectivity index (χ1) is 6.18. The molecular weight excluding hydrogens is 170 g/mol. The van der Waals surface area contributed by atoms with Crippen LogP contribution in [0.25, 0.3) is 0 Å². The Morgan fingerprint density at radius 1 is 1.31 bits per heavy atom. The van der Waals surface area contributed by atoms with Crippen LogP contribution in [0.15, 0.2) is 0 Å². The van der Waals surface area contributed by atoms with Crippen LogP contribution in [0.3, 0.4) is 0 Å². The third-order valence-corrected chi connectivity index (χ3v) is 2.01. The molecule has 0 amide bonds. The number of aliphatic hydroxyl groups is 1. The highest BCUT2D eigenvalue weighted by atomic mass is 16.5. The molecule has 0 aliphatic carbocycles. The number of hydrogen-bond acceptors (Lipinski definition) is 4. The Bertz CT molecular complexity index is 121. The molecule has 0 bridgehead atoms. The molecule has 4 nitrogen and oxygen atoms in total. The summed E-state index contributed by atoms with van der Waals surface area (Å²) in [6.07, 6.45) is 0.681. The maximum Gasteiger partial charge on any atom is 0.100 e. The molecule has 0 radical (unpaired) electrons. The van der Waals surface area contributed by atoms with Gasteiger partial charge in [0.05, 0.1) is 13.2 Å². The summed E-state index contributed by atoms with van der Waals surface area (Å²) >= 11 is 0. The minimum Gasteiger partial charge on any atom is -0.386 e. The summed E-state index contributed by atoms with van der Waals surface area (Å²) in [4.78, 5) is 0. The molecule has 2 N–H and O–H groups in total. The molecule has 0 aromatic heterocycles. The fourth-order valence-corrected chi connectivity index (χ4v) is 1.04. The minimum absolute atomic E-state index is 0.365. The fourth-order valence-electron chi connectivity index (χ4n) is 1.04. The average molecular weight is 191 g/mol. The van der Waals surface area contributed by atoms with Crippen molar-refractivity contribution < 1.29 is 14.6 Å². The molecule has 4 heteroatoms. The van der Waals surface area contributed by atoms with Gasteiger partial charge in [-0.2, -0.15) is 0 Å². The number of ether oxygens (including phenoxy) is 2. The molecule has 0 saturated carbocycles. The summed E-state index contributed by atoms with van der Waals surface area (Å²) in [6, 6.07) is 0. The van der Waals surface area contributed by atoms with Gasteiger partial charge < -0.3 is 19.9 Å². The van der Waals surface area contributed by atoms with Gasteiger partial charge in [0.1, 0.15) is 5.60 Å². The van der Waals surface area contributed by atoms with Crippen molar-refractivity contribution in [2.24, 2.45) is 0 Å². The first-order valence-electron chi connectivity index (χ1n) is 4.59. The third kappa shape index (κ3) is 5.99. The maximum atomic E-state index is 9.89. The number of methoxy groups -OCH3 is 2. The second-order valence-corrected chi connectivity index (χ2v) is 3.18. The molecule has 80 valence electrons. The number of hydrogen-bond donors (Lipinski definition) is 2. The zero-order valence-corrected chi connectivity index (χ0v) is 8.80. The van der Waals surface area contributed by atoms with E-state index in [1.54, 1.807) is 14.2 Å². The lowest BCUT2D eigenvalue weighted by molar-refractivity contribution is -0.0329. The van der Waals surface area contributed by atoms with Gasteiger partial charge in [-0.1, -0.05) is 6.92 Å². The van der Waals surface area contributed by atoms with Gasteiger partial charge in [0.15, 0.2) is 0 Å². The number of nitrogens with one attached hydrogen (secondary N) is 1. The lowest BCUT2D eigenvalue weighted by Gasteiger charge is -2.26. The van der Waals surface area contributed by atoms with Gasteiger partial charge in [-0.3, -0.25) is 0 Å². The van der Waals surface area contributed by atoms with Gasteiger partial charge in [-0.05, 0) is 6.42 Å². The summed E-state index contributed by atoms with van der Waals surface area (Å²) in [7, 11) is 3.25. The average Bonchev–Trinajstić information content (AvgIpc) is 2.13. The molecule has 0 aliphatic heterocycles. The van der Waals surface area contributed by atoms with E-state index in [-0.39, 0.29) is 0 Å². The molecule has 1 atom stereocenters. The second-order valence-electron chi connectivity index (χ2n) is 3.18. The van der Waals surface area contributed by atoms with E-state index in [1.165, 1.54) is 0 Å². The third-order valence-electron chi connectivity index (χ3n) is 2.01. The van der Waals surface area contributed by atoms with Gasteiger partial charge >= 0.3 is 0 Å². The van der Waals surface area contributed by atoms with Crippen molar-refractivity contribution in [1.82, 2.24) is 5.32 Å². The molecule has 0 rings (SSSR count). The quantitative estimate of drug-likeness (QED) is 0.531. The van der Waals surface area contributed by atoms with Crippen molar-refractivity contribution in [3.05, 3.63) is 0 Å². The van der Waals surface area contributed by atoms with Crippen LogP contribution in [0.1, 0.15) is 13.3 Å². The van der Waals surface area contributed by atoms with Gasteiger partial charge in [0, 0.05) is 27.3 Å². The van der Waals surface area contributed by atoms with E-state index in [1.807, 2.05) is 6.92 Å². The molecule has 0 aliphatic rings. The smallest absolute Gasteiger partial charge is 0.100 e. The summed E-state index contributed by atoms with van der Waals surface area (Å²) in [5.41, 5.74) is -0.748.